The normalized spacial score (nSPS) is 11.2. The molecule has 1 aromatic rings. The third-order valence-electron chi connectivity index (χ3n) is 4.77. The summed E-state index contributed by atoms with van der Waals surface area (Å²) in [7, 11) is -2.55. The maximum Gasteiger partial charge on any atom is 0.546 e. The SMILES string of the molecule is CCCCCCNC(=O)Cc1ccc([P+](=O)O)c(CC(=O)NCCCCCC)c1. The summed E-state index contributed by atoms with van der Waals surface area (Å²) in [4.78, 5) is 33.9. The Balaban J connectivity index is 2.61. The van der Waals surface area contributed by atoms with Crippen molar-refractivity contribution in [3.63, 3.8) is 0 Å². The van der Waals surface area contributed by atoms with Crippen LogP contribution in [0.1, 0.15) is 76.3 Å². The highest BCUT2D eigenvalue weighted by molar-refractivity contribution is 7.47. The second-order valence-electron chi connectivity index (χ2n) is 7.41. The monoisotopic (exact) mass is 423 g/mol. The average molecular weight is 424 g/mol. The van der Waals surface area contributed by atoms with Gasteiger partial charge < -0.3 is 10.6 Å². The van der Waals surface area contributed by atoms with E-state index in [1.165, 1.54) is 6.42 Å². The summed E-state index contributed by atoms with van der Waals surface area (Å²) < 4.78 is 11.6. The molecule has 0 aliphatic carbocycles. The number of amides is 2. The van der Waals surface area contributed by atoms with E-state index in [4.69, 9.17) is 0 Å². The van der Waals surface area contributed by atoms with Crippen molar-refractivity contribution in [2.75, 3.05) is 13.1 Å². The van der Waals surface area contributed by atoms with Crippen LogP contribution in [0.5, 0.6) is 0 Å². The highest BCUT2D eigenvalue weighted by Crippen LogP contribution is 2.18. The fraction of sp³-hybridized carbons (Fsp3) is 0.636. The van der Waals surface area contributed by atoms with E-state index in [0.717, 1.165) is 50.5 Å². The van der Waals surface area contributed by atoms with Crippen LogP contribution in [-0.4, -0.2) is 29.8 Å². The fourth-order valence-electron chi connectivity index (χ4n) is 3.12. The van der Waals surface area contributed by atoms with Gasteiger partial charge in [0.05, 0.1) is 12.8 Å². The Morgan fingerprint density at radius 3 is 1.93 bits per heavy atom. The molecular formula is C22H36N2O4P+. The Hall–Kier alpha value is -1.78. The minimum atomic E-state index is -2.55. The largest absolute Gasteiger partial charge is 0.546 e. The van der Waals surface area contributed by atoms with Crippen molar-refractivity contribution in [3.05, 3.63) is 29.3 Å². The van der Waals surface area contributed by atoms with Gasteiger partial charge in [0, 0.05) is 18.7 Å². The first kappa shape index (κ1) is 25.3. The van der Waals surface area contributed by atoms with E-state index in [-0.39, 0.29) is 30.0 Å². The number of nitrogens with one attached hydrogen (secondary N) is 2. The highest BCUT2D eigenvalue weighted by atomic mass is 31.1. The molecule has 1 atom stereocenters. The molecule has 0 fully saturated rings. The number of carbonyl (C=O) groups is 2. The minimum absolute atomic E-state index is 0.0389. The molecule has 3 N–H and O–H groups in total. The Labute approximate surface area is 175 Å². The first-order chi connectivity index (χ1) is 14.0. The molecule has 0 aromatic heterocycles. The zero-order chi connectivity index (χ0) is 21.5. The molecule has 0 heterocycles. The average Bonchev–Trinajstić information content (AvgIpc) is 2.67. The van der Waals surface area contributed by atoms with Gasteiger partial charge in [-0.2, -0.15) is 4.89 Å². The number of rotatable bonds is 15. The van der Waals surface area contributed by atoms with Crippen LogP contribution >= 0.6 is 8.03 Å². The summed E-state index contributed by atoms with van der Waals surface area (Å²) in [6.07, 6.45) is 8.92. The van der Waals surface area contributed by atoms with Crippen LogP contribution in [0.25, 0.3) is 0 Å². The van der Waals surface area contributed by atoms with Gasteiger partial charge in [-0.25, -0.2) is 0 Å². The van der Waals surface area contributed by atoms with Gasteiger partial charge >= 0.3 is 8.03 Å². The molecule has 0 aliphatic heterocycles. The molecule has 1 rings (SSSR count). The Morgan fingerprint density at radius 1 is 0.862 bits per heavy atom. The number of carbonyl (C=O) groups excluding carboxylic acids is 2. The van der Waals surface area contributed by atoms with Crippen molar-refractivity contribution < 1.29 is 19.0 Å². The Morgan fingerprint density at radius 2 is 1.41 bits per heavy atom. The predicted molar refractivity (Wildman–Crippen MR) is 118 cm³/mol. The molecular weight excluding hydrogens is 387 g/mol. The maximum atomic E-state index is 12.2. The zero-order valence-electron chi connectivity index (χ0n) is 17.8. The Kier molecular flexibility index (Phi) is 13.2. The van der Waals surface area contributed by atoms with Gasteiger partial charge in [0.25, 0.3) is 0 Å². The lowest BCUT2D eigenvalue weighted by molar-refractivity contribution is -0.121. The zero-order valence-corrected chi connectivity index (χ0v) is 18.7. The van der Waals surface area contributed by atoms with Crippen LogP contribution in [0.3, 0.4) is 0 Å². The topological polar surface area (TPSA) is 95.5 Å². The van der Waals surface area contributed by atoms with Crippen molar-refractivity contribution in [2.24, 2.45) is 0 Å². The van der Waals surface area contributed by atoms with Crippen LogP contribution in [0.4, 0.5) is 0 Å². The summed E-state index contributed by atoms with van der Waals surface area (Å²) in [5.74, 6) is -0.244. The summed E-state index contributed by atoms with van der Waals surface area (Å²) in [6.45, 7) is 5.55. The third-order valence-corrected chi connectivity index (χ3v) is 5.62. The first-order valence-electron chi connectivity index (χ1n) is 10.8. The highest BCUT2D eigenvalue weighted by Gasteiger charge is 2.23. The van der Waals surface area contributed by atoms with Crippen molar-refractivity contribution in [2.45, 2.75) is 78.1 Å². The standard InChI is InChI=1S/C22H35N2O4P/c1-3-5-7-9-13-23-21(25)16-18-11-12-20(29(27)28)19(15-18)17-22(26)24-14-10-8-6-4-2/h11-12,15H,3-10,13-14,16-17H2,1-2H3,(H2-,23,24,25,26,27,28)/p+1. The smallest absolute Gasteiger partial charge is 0.356 e. The van der Waals surface area contributed by atoms with Crippen LogP contribution < -0.4 is 15.9 Å². The first-order valence-corrected chi connectivity index (χ1v) is 12.0. The van der Waals surface area contributed by atoms with E-state index in [2.05, 4.69) is 24.5 Å². The molecule has 6 nitrogen and oxygen atoms in total. The van der Waals surface area contributed by atoms with E-state index in [1.54, 1.807) is 18.2 Å². The van der Waals surface area contributed by atoms with E-state index in [0.29, 0.717) is 18.7 Å². The summed E-state index contributed by atoms with van der Waals surface area (Å²) in [5, 5.41) is 6.03. The molecule has 29 heavy (non-hydrogen) atoms. The number of hydrogen-bond acceptors (Lipinski definition) is 3. The number of benzene rings is 1. The van der Waals surface area contributed by atoms with E-state index in [1.807, 2.05) is 0 Å². The lowest BCUT2D eigenvalue weighted by Gasteiger charge is -2.08. The lowest BCUT2D eigenvalue weighted by atomic mass is 10.0. The molecule has 7 heteroatoms. The van der Waals surface area contributed by atoms with Crippen LogP contribution in [0.2, 0.25) is 0 Å². The third kappa shape index (κ3) is 11.1. The lowest BCUT2D eigenvalue weighted by Crippen LogP contribution is -2.28. The van der Waals surface area contributed by atoms with Gasteiger partial charge in [0.2, 0.25) is 17.1 Å². The Bertz CT molecular complexity index is 664. The van der Waals surface area contributed by atoms with E-state index in [9.17, 15) is 19.0 Å². The number of hydrogen-bond donors (Lipinski definition) is 3. The molecule has 0 bridgehead atoms. The van der Waals surface area contributed by atoms with Crippen LogP contribution in [0, 0.1) is 0 Å². The van der Waals surface area contributed by atoms with Crippen molar-refractivity contribution in [1.29, 1.82) is 0 Å². The van der Waals surface area contributed by atoms with Crippen molar-refractivity contribution in [3.8, 4) is 0 Å². The quantitative estimate of drug-likeness (QED) is 0.297. The molecule has 1 aromatic carbocycles. The van der Waals surface area contributed by atoms with Gasteiger partial charge in [-0.15, -0.1) is 0 Å². The summed E-state index contributed by atoms with van der Waals surface area (Å²) in [6, 6.07) is 4.93. The van der Waals surface area contributed by atoms with Crippen LogP contribution in [-0.2, 0) is 27.0 Å². The molecule has 162 valence electrons. The summed E-state index contributed by atoms with van der Waals surface area (Å²) >= 11 is 0. The predicted octanol–water partition coefficient (Wildman–Crippen LogP) is 3.52. The van der Waals surface area contributed by atoms with Crippen molar-refractivity contribution >= 4 is 25.1 Å². The van der Waals surface area contributed by atoms with Gasteiger partial charge in [-0.3, -0.25) is 9.59 Å². The van der Waals surface area contributed by atoms with Gasteiger partial charge in [-0.05, 0) is 29.0 Å². The van der Waals surface area contributed by atoms with E-state index < -0.39 is 8.03 Å². The molecule has 0 saturated carbocycles. The second kappa shape index (κ2) is 15.1. The van der Waals surface area contributed by atoms with E-state index >= 15 is 0 Å². The number of unbranched alkanes of at least 4 members (excludes halogenated alkanes) is 6. The molecule has 0 saturated heterocycles. The summed E-state index contributed by atoms with van der Waals surface area (Å²) in [5.41, 5.74) is 1.25. The van der Waals surface area contributed by atoms with Crippen molar-refractivity contribution in [1.82, 2.24) is 10.6 Å². The minimum Gasteiger partial charge on any atom is -0.356 e. The fourth-order valence-corrected chi connectivity index (χ4v) is 3.71. The maximum absolute atomic E-state index is 12.2. The molecule has 2 amide bonds. The second-order valence-corrected chi connectivity index (χ2v) is 8.44. The van der Waals surface area contributed by atoms with Gasteiger partial charge in [0.1, 0.15) is 0 Å². The van der Waals surface area contributed by atoms with Gasteiger partial charge in [0.15, 0.2) is 0 Å². The molecule has 0 aliphatic rings. The molecule has 1 unspecified atom stereocenters. The van der Waals surface area contributed by atoms with Crippen LogP contribution in [0.15, 0.2) is 18.2 Å². The molecule has 0 radical (unpaired) electrons. The molecule has 0 spiro atoms. The van der Waals surface area contributed by atoms with Gasteiger partial charge in [-0.1, -0.05) is 64.5 Å².